The lowest BCUT2D eigenvalue weighted by molar-refractivity contribution is -0.142. The highest BCUT2D eigenvalue weighted by Gasteiger charge is 2.15. The predicted octanol–water partition coefficient (Wildman–Crippen LogP) is 5.02. The monoisotopic (exact) mass is 390 g/mol. The molecule has 150 valence electrons. The van der Waals surface area contributed by atoms with E-state index in [1.807, 2.05) is 62.4 Å². The summed E-state index contributed by atoms with van der Waals surface area (Å²) in [4.78, 5) is 24.4. The highest BCUT2D eigenvalue weighted by Crippen LogP contribution is 2.23. The maximum absolute atomic E-state index is 12.2. The largest absolute Gasteiger partial charge is 0.451 e. The molecule has 1 amide bonds. The van der Waals surface area contributed by atoms with E-state index in [0.717, 1.165) is 11.1 Å². The minimum atomic E-state index is -0.826. The van der Waals surface area contributed by atoms with Crippen molar-refractivity contribution < 1.29 is 14.3 Å². The number of hydrogen-bond acceptors (Lipinski definition) is 4. The van der Waals surface area contributed by atoms with Crippen LogP contribution in [0.2, 0.25) is 0 Å². The number of carbonyl (C=O) groups excluding carboxylic acids is 2. The molecule has 2 aromatic carbocycles. The Labute approximate surface area is 172 Å². The van der Waals surface area contributed by atoms with Crippen molar-refractivity contribution in [1.82, 2.24) is 0 Å². The van der Waals surface area contributed by atoms with Crippen LogP contribution in [0.5, 0.6) is 0 Å². The number of anilines is 1. The lowest BCUT2D eigenvalue weighted by atomic mass is 10.0. The molecule has 0 saturated heterocycles. The molecule has 0 aromatic heterocycles. The van der Waals surface area contributed by atoms with E-state index in [1.54, 1.807) is 6.07 Å². The number of ether oxygens (including phenoxy) is 1. The van der Waals surface area contributed by atoms with Gasteiger partial charge in [0.15, 0.2) is 6.61 Å². The average molecular weight is 390 g/mol. The molecule has 0 fully saturated rings. The molecule has 0 heterocycles. The Morgan fingerprint density at radius 3 is 2.28 bits per heavy atom. The molecule has 0 radical (unpaired) electrons. The number of rotatable bonds is 7. The van der Waals surface area contributed by atoms with Crippen LogP contribution in [0.1, 0.15) is 56.2 Å². The number of hydrogen-bond donors (Lipinski definition) is 1. The van der Waals surface area contributed by atoms with Crippen molar-refractivity contribution in [2.45, 2.75) is 39.5 Å². The van der Waals surface area contributed by atoms with E-state index in [0.29, 0.717) is 11.6 Å². The van der Waals surface area contributed by atoms with Gasteiger partial charge in [-0.15, -0.1) is 0 Å². The van der Waals surface area contributed by atoms with Crippen LogP contribution in [0.15, 0.2) is 54.1 Å². The molecule has 0 bridgehead atoms. The molecular weight excluding hydrogens is 364 g/mol. The minimum Gasteiger partial charge on any atom is -0.451 e. The van der Waals surface area contributed by atoms with Crippen LogP contribution in [-0.2, 0) is 14.3 Å². The summed E-state index contributed by atoms with van der Waals surface area (Å²) in [6.45, 7) is 7.78. The van der Waals surface area contributed by atoms with E-state index >= 15 is 0 Å². The zero-order valence-electron chi connectivity index (χ0n) is 17.2. The van der Waals surface area contributed by atoms with E-state index in [-0.39, 0.29) is 11.5 Å². The molecule has 0 aliphatic heterocycles. The molecule has 0 saturated carbocycles. The van der Waals surface area contributed by atoms with Gasteiger partial charge in [-0.2, -0.15) is 5.26 Å². The molecule has 0 aliphatic carbocycles. The number of nitrogens with one attached hydrogen (secondary N) is 1. The SMILES string of the molecule is CC(C)c1ccc(/C=C(\C#N)C(=O)OCC(=O)Nc2ccccc2C(C)C)cc1. The molecule has 2 aromatic rings. The summed E-state index contributed by atoms with van der Waals surface area (Å²) in [5.41, 5.74) is 3.41. The molecule has 0 unspecified atom stereocenters. The molecule has 29 heavy (non-hydrogen) atoms. The topological polar surface area (TPSA) is 79.2 Å². The van der Waals surface area contributed by atoms with Crippen LogP contribution in [0, 0.1) is 11.3 Å². The second-order valence-corrected chi connectivity index (χ2v) is 7.36. The Kier molecular flexibility index (Phi) is 7.73. The van der Waals surface area contributed by atoms with Crippen molar-refractivity contribution in [1.29, 1.82) is 5.26 Å². The maximum atomic E-state index is 12.2. The van der Waals surface area contributed by atoms with Crippen LogP contribution >= 0.6 is 0 Å². The van der Waals surface area contributed by atoms with E-state index in [2.05, 4.69) is 19.2 Å². The molecule has 5 heteroatoms. The van der Waals surface area contributed by atoms with Crippen LogP contribution in [0.3, 0.4) is 0 Å². The summed E-state index contributed by atoms with van der Waals surface area (Å²) in [6, 6.07) is 16.9. The number of nitrogens with zero attached hydrogens (tertiary/aromatic N) is 1. The quantitative estimate of drug-likeness (QED) is 0.409. The Balaban J connectivity index is 1.99. The summed E-state index contributed by atoms with van der Waals surface area (Å²) in [6.07, 6.45) is 1.46. The van der Waals surface area contributed by atoms with Crippen molar-refractivity contribution in [2.75, 3.05) is 11.9 Å². The summed E-state index contributed by atoms with van der Waals surface area (Å²) in [7, 11) is 0. The summed E-state index contributed by atoms with van der Waals surface area (Å²) in [5, 5.41) is 12.0. The first-order valence-electron chi connectivity index (χ1n) is 9.59. The minimum absolute atomic E-state index is 0.155. The van der Waals surface area contributed by atoms with Gasteiger partial charge in [-0.25, -0.2) is 4.79 Å². The van der Waals surface area contributed by atoms with Crippen molar-refractivity contribution >= 4 is 23.6 Å². The zero-order valence-corrected chi connectivity index (χ0v) is 17.2. The molecule has 2 rings (SSSR count). The van der Waals surface area contributed by atoms with Crippen molar-refractivity contribution in [3.8, 4) is 6.07 Å². The number of nitriles is 1. The molecule has 0 spiro atoms. The van der Waals surface area contributed by atoms with Gasteiger partial charge >= 0.3 is 5.97 Å². The first kappa shape index (κ1) is 21.9. The first-order valence-corrected chi connectivity index (χ1v) is 9.59. The van der Waals surface area contributed by atoms with E-state index in [4.69, 9.17) is 4.74 Å². The average Bonchev–Trinajstić information content (AvgIpc) is 2.70. The lowest BCUT2D eigenvalue weighted by Gasteiger charge is -2.13. The van der Waals surface area contributed by atoms with E-state index in [9.17, 15) is 14.9 Å². The smallest absolute Gasteiger partial charge is 0.349 e. The van der Waals surface area contributed by atoms with Gasteiger partial charge in [-0.05, 0) is 40.7 Å². The van der Waals surface area contributed by atoms with Crippen LogP contribution in [-0.4, -0.2) is 18.5 Å². The van der Waals surface area contributed by atoms with Gasteiger partial charge in [0.25, 0.3) is 5.91 Å². The van der Waals surface area contributed by atoms with Crippen molar-refractivity contribution in [3.05, 3.63) is 70.8 Å². The number of amides is 1. The first-order chi connectivity index (χ1) is 13.8. The predicted molar refractivity (Wildman–Crippen MR) is 114 cm³/mol. The Hall–Kier alpha value is -3.39. The van der Waals surface area contributed by atoms with Crippen LogP contribution in [0.25, 0.3) is 6.08 Å². The normalized spacial score (nSPS) is 11.3. The van der Waals surface area contributed by atoms with Gasteiger partial charge in [0.05, 0.1) is 0 Å². The van der Waals surface area contributed by atoms with Gasteiger partial charge in [0.1, 0.15) is 11.6 Å². The number of esters is 1. The van der Waals surface area contributed by atoms with Crippen molar-refractivity contribution in [2.24, 2.45) is 0 Å². The second-order valence-electron chi connectivity index (χ2n) is 7.36. The fourth-order valence-electron chi connectivity index (χ4n) is 2.79. The highest BCUT2D eigenvalue weighted by atomic mass is 16.5. The Bertz CT molecular complexity index is 935. The molecular formula is C24H26N2O3. The Morgan fingerprint density at radius 2 is 1.69 bits per heavy atom. The maximum Gasteiger partial charge on any atom is 0.349 e. The van der Waals surface area contributed by atoms with Crippen LogP contribution < -0.4 is 5.32 Å². The molecule has 0 atom stereocenters. The van der Waals surface area contributed by atoms with Crippen molar-refractivity contribution in [3.63, 3.8) is 0 Å². The lowest BCUT2D eigenvalue weighted by Crippen LogP contribution is -2.22. The summed E-state index contributed by atoms with van der Waals surface area (Å²) < 4.78 is 5.02. The number of para-hydroxylation sites is 1. The van der Waals surface area contributed by atoms with Gasteiger partial charge < -0.3 is 10.1 Å². The number of benzene rings is 2. The van der Waals surface area contributed by atoms with Crippen LogP contribution in [0.4, 0.5) is 5.69 Å². The second kappa shape index (κ2) is 10.2. The summed E-state index contributed by atoms with van der Waals surface area (Å²) in [5.74, 6) is -0.644. The standard InChI is InChI=1S/C24H26N2O3/c1-16(2)19-11-9-18(10-12-19)13-20(14-25)24(28)29-15-23(27)26-22-8-6-5-7-21(22)17(3)4/h5-13,16-17H,15H2,1-4H3,(H,26,27)/b20-13+. The van der Waals surface area contributed by atoms with Gasteiger partial charge in [0.2, 0.25) is 0 Å². The Morgan fingerprint density at radius 1 is 1.03 bits per heavy atom. The highest BCUT2D eigenvalue weighted by molar-refractivity contribution is 6.00. The van der Waals surface area contributed by atoms with Gasteiger partial charge in [-0.1, -0.05) is 70.2 Å². The van der Waals surface area contributed by atoms with Gasteiger partial charge in [-0.3, -0.25) is 4.79 Å². The molecule has 0 aliphatic rings. The van der Waals surface area contributed by atoms with Gasteiger partial charge in [0, 0.05) is 5.69 Å². The van der Waals surface area contributed by atoms with E-state index in [1.165, 1.54) is 11.6 Å². The molecule has 5 nitrogen and oxygen atoms in total. The zero-order chi connectivity index (χ0) is 21.4. The fourth-order valence-corrected chi connectivity index (χ4v) is 2.79. The third kappa shape index (κ3) is 6.32. The third-order valence-electron chi connectivity index (χ3n) is 4.45. The summed E-state index contributed by atoms with van der Waals surface area (Å²) >= 11 is 0. The number of carbonyl (C=O) groups is 2. The fraction of sp³-hybridized carbons (Fsp3) is 0.292. The van der Waals surface area contributed by atoms with E-state index < -0.39 is 18.5 Å². The molecule has 1 N–H and O–H groups in total. The third-order valence-corrected chi connectivity index (χ3v) is 4.45.